The van der Waals surface area contributed by atoms with E-state index in [1.165, 1.54) is 38.5 Å². The van der Waals surface area contributed by atoms with E-state index in [0.29, 0.717) is 24.1 Å². The summed E-state index contributed by atoms with van der Waals surface area (Å²) in [7, 11) is 0. The molecular formula is C27H35ClN2O2. The Balaban J connectivity index is 0.00000289. The zero-order valence-corrected chi connectivity index (χ0v) is 19.5. The monoisotopic (exact) mass is 454 g/mol. The fourth-order valence-electron chi connectivity index (χ4n) is 5.55. The lowest BCUT2D eigenvalue weighted by atomic mass is 9.71. The van der Waals surface area contributed by atoms with Gasteiger partial charge in [-0.1, -0.05) is 74.6 Å². The molecule has 0 aromatic heterocycles. The number of aliphatic hydroxyl groups excluding tert-OH is 1. The van der Waals surface area contributed by atoms with Crippen molar-refractivity contribution in [1.82, 2.24) is 4.90 Å². The SMILES string of the molecule is Cl.N#Cc1cccc(C(O)C2CN(CCC3CCCCC3)CCC2(O)c2ccccc2)c1. The van der Waals surface area contributed by atoms with Gasteiger partial charge in [0.1, 0.15) is 0 Å². The molecule has 32 heavy (non-hydrogen) atoms. The molecule has 4 rings (SSSR count). The van der Waals surface area contributed by atoms with E-state index < -0.39 is 11.7 Å². The van der Waals surface area contributed by atoms with E-state index in [9.17, 15) is 15.5 Å². The highest BCUT2D eigenvalue weighted by molar-refractivity contribution is 5.85. The number of piperidine rings is 1. The van der Waals surface area contributed by atoms with Crippen molar-refractivity contribution in [3.8, 4) is 6.07 Å². The molecular weight excluding hydrogens is 420 g/mol. The summed E-state index contributed by atoms with van der Waals surface area (Å²) >= 11 is 0. The average Bonchev–Trinajstić information content (AvgIpc) is 2.84. The van der Waals surface area contributed by atoms with Gasteiger partial charge in [0.05, 0.1) is 23.3 Å². The van der Waals surface area contributed by atoms with Gasteiger partial charge in [-0.15, -0.1) is 12.4 Å². The van der Waals surface area contributed by atoms with Gasteiger partial charge in [-0.05, 0) is 48.6 Å². The molecule has 1 saturated heterocycles. The number of hydrogen-bond donors (Lipinski definition) is 2. The normalized spacial score (nSPS) is 25.5. The maximum atomic E-state index is 11.8. The lowest BCUT2D eigenvalue weighted by Crippen LogP contribution is -2.52. The van der Waals surface area contributed by atoms with Gasteiger partial charge in [0, 0.05) is 19.0 Å². The fourth-order valence-corrected chi connectivity index (χ4v) is 5.55. The predicted octanol–water partition coefficient (Wildman–Crippen LogP) is 5.19. The van der Waals surface area contributed by atoms with E-state index in [0.717, 1.165) is 24.6 Å². The van der Waals surface area contributed by atoms with Crippen LogP contribution in [-0.4, -0.2) is 34.7 Å². The second-order valence-corrected chi connectivity index (χ2v) is 9.42. The first-order valence-electron chi connectivity index (χ1n) is 11.8. The zero-order valence-electron chi connectivity index (χ0n) is 18.7. The van der Waals surface area contributed by atoms with Crippen molar-refractivity contribution in [2.75, 3.05) is 19.6 Å². The molecule has 2 N–H and O–H groups in total. The Labute approximate surface area is 198 Å². The Bertz CT molecular complexity index is 894. The summed E-state index contributed by atoms with van der Waals surface area (Å²) in [5.41, 5.74) is 1.00. The summed E-state index contributed by atoms with van der Waals surface area (Å²) in [5, 5.41) is 32.5. The molecule has 3 atom stereocenters. The topological polar surface area (TPSA) is 67.5 Å². The number of benzene rings is 2. The molecule has 1 heterocycles. The lowest BCUT2D eigenvalue weighted by Gasteiger charge is -2.47. The Morgan fingerprint density at radius 2 is 1.81 bits per heavy atom. The molecule has 0 radical (unpaired) electrons. The summed E-state index contributed by atoms with van der Waals surface area (Å²) in [4.78, 5) is 2.42. The Kier molecular flexibility index (Phi) is 8.73. The summed E-state index contributed by atoms with van der Waals surface area (Å²) in [5.74, 6) is 0.461. The van der Waals surface area contributed by atoms with Gasteiger partial charge < -0.3 is 15.1 Å². The number of aliphatic hydroxyl groups is 2. The average molecular weight is 455 g/mol. The number of nitriles is 1. The first-order chi connectivity index (χ1) is 15.1. The first-order valence-corrected chi connectivity index (χ1v) is 11.8. The smallest absolute Gasteiger partial charge is 0.0991 e. The second kappa shape index (κ2) is 11.3. The largest absolute Gasteiger partial charge is 0.388 e. The highest BCUT2D eigenvalue weighted by Gasteiger charge is 2.46. The molecule has 0 spiro atoms. The number of halogens is 1. The molecule has 2 fully saturated rings. The Morgan fingerprint density at radius 3 is 2.53 bits per heavy atom. The maximum Gasteiger partial charge on any atom is 0.0991 e. The van der Waals surface area contributed by atoms with Crippen molar-refractivity contribution in [3.05, 3.63) is 71.3 Å². The molecule has 2 aromatic rings. The van der Waals surface area contributed by atoms with Crippen molar-refractivity contribution >= 4 is 12.4 Å². The predicted molar refractivity (Wildman–Crippen MR) is 129 cm³/mol. The van der Waals surface area contributed by atoms with E-state index in [1.54, 1.807) is 12.1 Å². The van der Waals surface area contributed by atoms with Crippen LogP contribution in [0.1, 0.15) is 67.7 Å². The van der Waals surface area contributed by atoms with Crippen LogP contribution in [-0.2, 0) is 5.60 Å². The van der Waals surface area contributed by atoms with E-state index in [4.69, 9.17) is 0 Å². The highest BCUT2D eigenvalue weighted by atomic mass is 35.5. The summed E-state index contributed by atoms with van der Waals surface area (Å²) in [6, 6.07) is 19.1. The fraction of sp³-hybridized carbons (Fsp3) is 0.519. The highest BCUT2D eigenvalue weighted by Crippen LogP contribution is 2.44. The third-order valence-electron chi connectivity index (χ3n) is 7.47. The van der Waals surface area contributed by atoms with E-state index >= 15 is 0 Å². The molecule has 4 nitrogen and oxygen atoms in total. The zero-order chi connectivity index (χ0) is 21.7. The van der Waals surface area contributed by atoms with Crippen molar-refractivity contribution < 1.29 is 10.2 Å². The molecule has 3 unspecified atom stereocenters. The standard InChI is InChI=1S/C27H34N2O2.ClH/c28-19-22-10-7-11-23(18-22)26(30)25-20-29(16-14-21-8-3-1-4-9-21)17-15-27(25,31)24-12-5-2-6-13-24;/h2,5-7,10-13,18,21,25-26,30-31H,1,3-4,8-9,14-17,20H2;1H. The van der Waals surface area contributed by atoms with Crippen molar-refractivity contribution in [2.24, 2.45) is 11.8 Å². The van der Waals surface area contributed by atoms with Gasteiger partial charge in [-0.25, -0.2) is 0 Å². The summed E-state index contributed by atoms with van der Waals surface area (Å²) < 4.78 is 0. The Morgan fingerprint density at radius 1 is 1.06 bits per heavy atom. The molecule has 172 valence electrons. The minimum Gasteiger partial charge on any atom is -0.388 e. The van der Waals surface area contributed by atoms with Crippen LogP contribution in [0.3, 0.4) is 0 Å². The van der Waals surface area contributed by atoms with Crippen LogP contribution in [0.5, 0.6) is 0 Å². The minimum absolute atomic E-state index is 0. The van der Waals surface area contributed by atoms with Gasteiger partial charge in [0.2, 0.25) is 0 Å². The lowest BCUT2D eigenvalue weighted by molar-refractivity contribution is -0.123. The van der Waals surface area contributed by atoms with Crippen LogP contribution < -0.4 is 0 Å². The van der Waals surface area contributed by atoms with E-state index in [-0.39, 0.29) is 18.3 Å². The van der Waals surface area contributed by atoms with E-state index in [1.807, 2.05) is 42.5 Å². The maximum absolute atomic E-state index is 11.8. The van der Waals surface area contributed by atoms with Gasteiger partial charge in [0.15, 0.2) is 0 Å². The number of likely N-dealkylation sites (tertiary alicyclic amines) is 1. The third kappa shape index (κ3) is 5.53. The number of hydrogen-bond acceptors (Lipinski definition) is 4. The molecule has 5 heteroatoms. The molecule has 1 saturated carbocycles. The second-order valence-electron chi connectivity index (χ2n) is 9.42. The van der Waals surface area contributed by atoms with Crippen LogP contribution in [0.15, 0.2) is 54.6 Å². The first kappa shape index (κ1) is 24.7. The number of nitrogens with zero attached hydrogens (tertiary/aromatic N) is 2. The quantitative estimate of drug-likeness (QED) is 0.630. The van der Waals surface area contributed by atoms with Gasteiger partial charge in [-0.3, -0.25) is 0 Å². The summed E-state index contributed by atoms with van der Waals surface area (Å²) in [6.45, 7) is 2.51. The van der Waals surface area contributed by atoms with Crippen LogP contribution in [0.25, 0.3) is 0 Å². The van der Waals surface area contributed by atoms with Crippen LogP contribution in [0.2, 0.25) is 0 Å². The Hall–Kier alpha value is -1.90. The molecule has 1 aliphatic heterocycles. The minimum atomic E-state index is -1.09. The van der Waals surface area contributed by atoms with Gasteiger partial charge in [0.25, 0.3) is 0 Å². The van der Waals surface area contributed by atoms with E-state index in [2.05, 4.69) is 11.0 Å². The molecule has 1 aliphatic carbocycles. The van der Waals surface area contributed by atoms with Gasteiger partial charge >= 0.3 is 0 Å². The summed E-state index contributed by atoms with van der Waals surface area (Å²) in [6.07, 6.45) is 7.74. The van der Waals surface area contributed by atoms with Crippen LogP contribution >= 0.6 is 12.4 Å². The third-order valence-corrected chi connectivity index (χ3v) is 7.47. The van der Waals surface area contributed by atoms with Crippen LogP contribution in [0, 0.1) is 23.2 Å². The molecule has 0 amide bonds. The number of rotatable bonds is 6. The molecule has 0 bridgehead atoms. The van der Waals surface area contributed by atoms with Gasteiger partial charge in [-0.2, -0.15) is 5.26 Å². The van der Waals surface area contributed by atoms with Crippen molar-refractivity contribution in [3.63, 3.8) is 0 Å². The molecule has 2 aliphatic rings. The molecule has 2 aromatic carbocycles. The van der Waals surface area contributed by atoms with Crippen molar-refractivity contribution in [1.29, 1.82) is 5.26 Å². The van der Waals surface area contributed by atoms with Crippen molar-refractivity contribution in [2.45, 2.75) is 56.7 Å². The van der Waals surface area contributed by atoms with Crippen LogP contribution in [0.4, 0.5) is 0 Å².